The highest BCUT2D eigenvalue weighted by Crippen LogP contribution is 2.46. The topological polar surface area (TPSA) is 71.8 Å². The van der Waals surface area contributed by atoms with Gasteiger partial charge in [0.15, 0.2) is 5.65 Å². The Morgan fingerprint density at radius 3 is 2.61 bits per heavy atom. The van der Waals surface area contributed by atoms with Crippen LogP contribution in [-0.4, -0.2) is 32.8 Å². The van der Waals surface area contributed by atoms with E-state index in [0.29, 0.717) is 11.6 Å². The number of hydrogen-bond donors (Lipinski definition) is 2. The number of aromatic nitrogens is 3. The van der Waals surface area contributed by atoms with Crippen molar-refractivity contribution in [1.29, 1.82) is 0 Å². The third-order valence-electron chi connectivity index (χ3n) is 7.66. The third-order valence-corrected chi connectivity index (χ3v) is 7.66. The van der Waals surface area contributed by atoms with Gasteiger partial charge in [-0.15, -0.1) is 0 Å². The fourth-order valence-electron chi connectivity index (χ4n) is 6.12. The Balaban J connectivity index is 1.31. The average molecular weight is 416 g/mol. The highest BCUT2D eigenvalue weighted by molar-refractivity contribution is 6.06. The van der Waals surface area contributed by atoms with E-state index in [1.54, 1.807) is 6.20 Å². The second-order valence-corrected chi connectivity index (χ2v) is 9.52. The zero-order valence-corrected chi connectivity index (χ0v) is 18.0. The molecule has 31 heavy (non-hydrogen) atoms. The highest BCUT2D eigenvalue weighted by Gasteiger charge is 2.40. The number of nitrogens with zero attached hydrogens (tertiary/aromatic N) is 3. The van der Waals surface area contributed by atoms with Crippen LogP contribution in [0, 0.1) is 11.8 Å². The lowest BCUT2D eigenvalue weighted by Gasteiger charge is -2.26. The van der Waals surface area contributed by atoms with Gasteiger partial charge in [-0.05, 0) is 62.0 Å². The smallest absolute Gasteiger partial charge is 0.255 e. The Morgan fingerprint density at radius 2 is 1.94 bits per heavy atom. The minimum atomic E-state index is -0.0397. The molecule has 6 rings (SSSR count). The second-order valence-electron chi connectivity index (χ2n) is 9.52. The Bertz CT molecular complexity index is 1130. The maximum atomic E-state index is 13.4. The summed E-state index contributed by atoms with van der Waals surface area (Å²) < 4.78 is 1.90. The molecule has 0 radical (unpaired) electrons. The van der Waals surface area contributed by atoms with E-state index >= 15 is 0 Å². The van der Waals surface area contributed by atoms with Crippen LogP contribution < -0.4 is 10.6 Å². The van der Waals surface area contributed by atoms with Crippen LogP contribution in [0.2, 0.25) is 0 Å². The van der Waals surface area contributed by atoms with Crippen molar-refractivity contribution in [3.63, 3.8) is 0 Å². The van der Waals surface area contributed by atoms with Gasteiger partial charge in [0.2, 0.25) is 0 Å². The third kappa shape index (κ3) is 3.20. The van der Waals surface area contributed by atoms with E-state index in [4.69, 9.17) is 0 Å². The zero-order valence-electron chi connectivity index (χ0n) is 18.0. The summed E-state index contributed by atoms with van der Waals surface area (Å²) in [4.78, 5) is 18.0. The van der Waals surface area contributed by atoms with Crippen LogP contribution >= 0.6 is 0 Å². The lowest BCUT2D eigenvalue weighted by molar-refractivity contribution is 0.0939. The molecule has 1 aromatic carbocycles. The molecule has 160 valence electrons. The molecule has 3 aliphatic carbocycles. The molecule has 6 nitrogen and oxygen atoms in total. The van der Waals surface area contributed by atoms with Crippen LogP contribution in [0.3, 0.4) is 0 Å². The van der Waals surface area contributed by atoms with Crippen molar-refractivity contribution in [3.05, 3.63) is 53.3 Å². The van der Waals surface area contributed by atoms with Gasteiger partial charge in [-0.3, -0.25) is 4.79 Å². The Hall–Kier alpha value is -2.89. The van der Waals surface area contributed by atoms with E-state index in [2.05, 4.69) is 51.9 Å². The summed E-state index contributed by atoms with van der Waals surface area (Å²) in [7, 11) is 0. The largest absolute Gasteiger partial charge is 0.381 e. The molecule has 0 saturated heterocycles. The SMILES string of the molecule is CCn1ncc2c(N[C@H]3C[C@H]4CC[C@@H]3C4)c(C(=O)NC3Cc4ccccc4C3)cnc21. The minimum absolute atomic E-state index is 0.0397. The average Bonchev–Trinajstić information content (AvgIpc) is 3.56. The number of pyridine rings is 1. The summed E-state index contributed by atoms with van der Waals surface area (Å²) in [6, 6.07) is 9.05. The summed E-state index contributed by atoms with van der Waals surface area (Å²) in [6.45, 7) is 2.82. The minimum Gasteiger partial charge on any atom is -0.381 e. The molecule has 0 aliphatic heterocycles. The molecule has 2 heterocycles. The van der Waals surface area contributed by atoms with Crippen LogP contribution in [0.1, 0.15) is 54.1 Å². The molecule has 2 saturated carbocycles. The van der Waals surface area contributed by atoms with E-state index < -0.39 is 0 Å². The first kappa shape index (κ1) is 18.8. The molecule has 6 heteroatoms. The molecule has 2 aromatic heterocycles. The van der Waals surface area contributed by atoms with Gasteiger partial charge in [-0.1, -0.05) is 30.7 Å². The number of nitrogens with one attached hydrogen (secondary N) is 2. The van der Waals surface area contributed by atoms with Crippen molar-refractivity contribution in [1.82, 2.24) is 20.1 Å². The van der Waals surface area contributed by atoms with Crippen molar-refractivity contribution in [2.45, 2.75) is 64.1 Å². The highest BCUT2D eigenvalue weighted by atomic mass is 16.1. The maximum absolute atomic E-state index is 13.4. The van der Waals surface area contributed by atoms with Gasteiger partial charge < -0.3 is 10.6 Å². The predicted octanol–water partition coefficient (Wildman–Crippen LogP) is 3.95. The Labute approximate surface area is 182 Å². The molecule has 3 aromatic rings. The molecule has 2 N–H and O–H groups in total. The lowest BCUT2D eigenvalue weighted by atomic mass is 9.94. The summed E-state index contributed by atoms with van der Waals surface area (Å²) in [5.74, 6) is 1.52. The van der Waals surface area contributed by atoms with E-state index in [1.807, 2.05) is 10.9 Å². The van der Waals surface area contributed by atoms with E-state index in [0.717, 1.165) is 47.9 Å². The number of anilines is 1. The standard InChI is InChI=1S/C25H29N5O/c1-2-30-24-20(14-27-30)23(29-22-10-15-7-8-18(22)9-15)21(13-26-24)25(31)28-19-11-16-5-3-4-6-17(16)12-19/h3-6,13-15,18-19,22H,2,7-12H2,1H3,(H,26,29)(H,28,31)/t15-,18+,22-/m0/s1. The number of fused-ring (bicyclic) bond motifs is 4. The van der Waals surface area contributed by atoms with Gasteiger partial charge in [0.1, 0.15) is 0 Å². The second kappa shape index (κ2) is 7.36. The number of rotatable bonds is 5. The predicted molar refractivity (Wildman–Crippen MR) is 121 cm³/mol. The fraction of sp³-hybridized carbons (Fsp3) is 0.480. The summed E-state index contributed by atoms with van der Waals surface area (Å²) in [5, 5.41) is 12.5. The summed E-state index contributed by atoms with van der Waals surface area (Å²) in [6.07, 6.45) is 10.6. The molecule has 3 aliphatic rings. The molecule has 0 unspecified atom stereocenters. The zero-order chi connectivity index (χ0) is 20.9. The lowest BCUT2D eigenvalue weighted by Crippen LogP contribution is -2.36. The van der Waals surface area contributed by atoms with Crippen LogP contribution in [0.5, 0.6) is 0 Å². The molecule has 0 spiro atoms. The quantitative estimate of drug-likeness (QED) is 0.662. The molecular formula is C25H29N5O. The van der Waals surface area contributed by atoms with Gasteiger partial charge in [0.25, 0.3) is 5.91 Å². The Morgan fingerprint density at radius 1 is 1.13 bits per heavy atom. The van der Waals surface area contributed by atoms with Gasteiger partial charge in [0.05, 0.1) is 22.8 Å². The van der Waals surface area contributed by atoms with Gasteiger partial charge in [-0.25, -0.2) is 9.67 Å². The van der Waals surface area contributed by atoms with E-state index in [1.165, 1.54) is 36.8 Å². The first-order chi connectivity index (χ1) is 15.2. The van der Waals surface area contributed by atoms with Crippen LogP contribution in [0.25, 0.3) is 11.0 Å². The van der Waals surface area contributed by atoms with Crippen molar-refractivity contribution in [2.75, 3.05) is 5.32 Å². The molecular weight excluding hydrogens is 386 g/mol. The van der Waals surface area contributed by atoms with Crippen molar-refractivity contribution in [2.24, 2.45) is 11.8 Å². The van der Waals surface area contributed by atoms with Crippen molar-refractivity contribution >= 4 is 22.6 Å². The van der Waals surface area contributed by atoms with Crippen LogP contribution in [0.4, 0.5) is 5.69 Å². The van der Waals surface area contributed by atoms with Crippen molar-refractivity contribution < 1.29 is 4.79 Å². The van der Waals surface area contributed by atoms with Gasteiger partial charge >= 0.3 is 0 Å². The number of carbonyl (C=O) groups is 1. The first-order valence-corrected chi connectivity index (χ1v) is 11.7. The first-order valence-electron chi connectivity index (χ1n) is 11.7. The summed E-state index contributed by atoms with van der Waals surface area (Å²) >= 11 is 0. The number of hydrogen-bond acceptors (Lipinski definition) is 4. The van der Waals surface area contributed by atoms with Crippen molar-refractivity contribution in [3.8, 4) is 0 Å². The maximum Gasteiger partial charge on any atom is 0.255 e. The molecule has 3 atom stereocenters. The van der Waals surface area contributed by atoms with Crippen LogP contribution in [0.15, 0.2) is 36.7 Å². The molecule has 2 bridgehead atoms. The number of amides is 1. The molecule has 2 fully saturated rings. The van der Waals surface area contributed by atoms with Gasteiger partial charge in [0, 0.05) is 24.8 Å². The van der Waals surface area contributed by atoms with Gasteiger partial charge in [-0.2, -0.15) is 5.10 Å². The van der Waals surface area contributed by atoms with Crippen LogP contribution in [-0.2, 0) is 19.4 Å². The molecule has 1 amide bonds. The number of carbonyl (C=O) groups excluding carboxylic acids is 1. The van der Waals surface area contributed by atoms with E-state index in [-0.39, 0.29) is 11.9 Å². The number of aryl methyl sites for hydroxylation is 1. The Kier molecular flexibility index (Phi) is 4.47. The van der Waals surface area contributed by atoms with E-state index in [9.17, 15) is 4.79 Å². The normalized spacial score (nSPS) is 24.6. The fourth-order valence-corrected chi connectivity index (χ4v) is 6.12. The monoisotopic (exact) mass is 415 g/mol. The number of benzene rings is 1. The summed E-state index contributed by atoms with van der Waals surface area (Å²) in [5.41, 5.74) is 5.08.